The van der Waals surface area contributed by atoms with Crippen molar-refractivity contribution >= 4 is 22.2 Å². The maximum absolute atomic E-state index is 9.18. The Bertz CT molecular complexity index is 806. The summed E-state index contributed by atoms with van der Waals surface area (Å²) < 4.78 is 0. The number of rotatable bonds is 9. The van der Waals surface area contributed by atoms with E-state index in [1.165, 1.54) is 5.56 Å². The van der Waals surface area contributed by atoms with Crippen molar-refractivity contribution in [3.63, 3.8) is 0 Å². The summed E-state index contributed by atoms with van der Waals surface area (Å²) in [6, 6.07) is 14.1. The van der Waals surface area contributed by atoms with Crippen LogP contribution in [-0.2, 0) is 13.1 Å². The maximum atomic E-state index is 9.18. The van der Waals surface area contributed by atoms with Gasteiger partial charge < -0.3 is 10.4 Å². The number of aryl methyl sites for hydroxylation is 1. The largest absolute Gasteiger partial charge is 0.396 e. The number of aliphatic hydroxyl groups is 1. The van der Waals surface area contributed by atoms with Gasteiger partial charge in [-0.3, -0.25) is 9.88 Å². The number of hydrogen-bond donors (Lipinski definition) is 2. The minimum atomic E-state index is 0.190. The van der Waals surface area contributed by atoms with Gasteiger partial charge in [0.25, 0.3) is 0 Å². The van der Waals surface area contributed by atoms with E-state index in [4.69, 9.17) is 4.98 Å². The standard InChI is InChI=1S/C20H24N4OS/c1-16-7-2-3-9-19(16)23-20-22-18(15-26-20)14-24(11-6-12-25)13-17-8-4-5-10-21-17/h2-5,7-10,15,25H,6,11-14H2,1H3,(H,22,23). The molecular formula is C20H24N4OS. The van der Waals surface area contributed by atoms with E-state index in [2.05, 4.69) is 39.6 Å². The van der Waals surface area contributed by atoms with E-state index >= 15 is 0 Å². The molecule has 0 bridgehead atoms. The molecule has 136 valence electrons. The van der Waals surface area contributed by atoms with Crippen molar-refractivity contribution in [2.75, 3.05) is 18.5 Å². The summed E-state index contributed by atoms with van der Waals surface area (Å²) in [6.45, 7) is 4.57. The summed E-state index contributed by atoms with van der Waals surface area (Å²) in [5, 5.41) is 15.6. The molecule has 1 aromatic carbocycles. The van der Waals surface area contributed by atoms with E-state index < -0.39 is 0 Å². The third-order valence-electron chi connectivity index (χ3n) is 4.07. The van der Waals surface area contributed by atoms with E-state index in [0.29, 0.717) is 0 Å². The van der Waals surface area contributed by atoms with Crippen LogP contribution in [0.4, 0.5) is 10.8 Å². The predicted molar refractivity (Wildman–Crippen MR) is 107 cm³/mol. The molecule has 0 unspecified atom stereocenters. The van der Waals surface area contributed by atoms with Crippen LogP contribution >= 0.6 is 11.3 Å². The van der Waals surface area contributed by atoms with Crippen molar-refractivity contribution in [1.82, 2.24) is 14.9 Å². The number of nitrogens with one attached hydrogen (secondary N) is 1. The quantitative estimate of drug-likeness (QED) is 0.598. The van der Waals surface area contributed by atoms with E-state index in [1.807, 2.05) is 36.5 Å². The molecule has 0 aliphatic rings. The van der Waals surface area contributed by atoms with Crippen molar-refractivity contribution in [2.45, 2.75) is 26.4 Å². The molecule has 0 aliphatic heterocycles. The van der Waals surface area contributed by atoms with Crippen LogP contribution in [0.25, 0.3) is 0 Å². The van der Waals surface area contributed by atoms with Gasteiger partial charge in [-0.1, -0.05) is 24.3 Å². The van der Waals surface area contributed by atoms with E-state index in [1.54, 1.807) is 11.3 Å². The molecule has 0 radical (unpaired) electrons. The van der Waals surface area contributed by atoms with Crippen molar-refractivity contribution < 1.29 is 5.11 Å². The Morgan fingerprint density at radius 3 is 2.65 bits per heavy atom. The zero-order valence-electron chi connectivity index (χ0n) is 14.9. The summed E-state index contributed by atoms with van der Waals surface area (Å²) in [6.07, 6.45) is 2.55. The molecule has 26 heavy (non-hydrogen) atoms. The summed E-state index contributed by atoms with van der Waals surface area (Å²) in [5.74, 6) is 0. The number of nitrogens with zero attached hydrogens (tertiary/aromatic N) is 3. The number of benzene rings is 1. The first kappa shape index (κ1) is 18.5. The highest BCUT2D eigenvalue weighted by atomic mass is 32.1. The molecule has 0 amide bonds. The van der Waals surface area contributed by atoms with Crippen LogP contribution in [0.5, 0.6) is 0 Å². The van der Waals surface area contributed by atoms with E-state index in [-0.39, 0.29) is 6.61 Å². The summed E-state index contributed by atoms with van der Waals surface area (Å²) >= 11 is 1.61. The van der Waals surface area contributed by atoms with Crippen LogP contribution in [-0.4, -0.2) is 33.1 Å². The fourth-order valence-corrected chi connectivity index (χ4v) is 3.44. The smallest absolute Gasteiger partial charge is 0.187 e. The molecule has 3 rings (SSSR count). The van der Waals surface area contributed by atoms with Gasteiger partial charge in [-0.05, 0) is 37.1 Å². The molecule has 0 fully saturated rings. The molecule has 0 spiro atoms. The third-order valence-corrected chi connectivity index (χ3v) is 4.87. The highest BCUT2D eigenvalue weighted by Gasteiger charge is 2.11. The minimum Gasteiger partial charge on any atom is -0.396 e. The number of aromatic nitrogens is 2. The molecule has 0 atom stereocenters. The summed E-state index contributed by atoms with van der Waals surface area (Å²) in [4.78, 5) is 11.4. The van der Waals surface area contributed by atoms with Gasteiger partial charge in [-0.2, -0.15) is 0 Å². The summed E-state index contributed by atoms with van der Waals surface area (Å²) in [7, 11) is 0. The predicted octanol–water partition coefficient (Wildman–Crippen LogP) is 3.97. The maximum Gasteiger partial charge on any atom is 0.187 e. The fraction of sp³-hybridized carbons (Fsp3) is 0.300. The molecule has 3 aromatic rings. The first-order chi connectivity index (χ1) is 12.7. The van der Waals surface area contributed by atoms with Crippen LogP contribution in [0.1, 0.15) is 23.4 Å². The van der Waals surface area contributed by atoms with Gasteiger partial charge in [0.2, 0.25) is 0 Å². The lowest BCUT2D eigenvalue weighted by molar-refractivity contribution is 0.209. The lowest BCUT2D eigenvalue weighted by atomic mass is 10.2. The monoisotopic (exact) mass is 368 g/mol. The molecule has 2 N–H and O–H groups in total. The second-order valence-corrected chi connectivity index (χ2v) is 7.05. The van der Waals surface area contributed by atoms with Crippen LogP contribution in [0, 0.1) is 6.92 Å². The number of aliphatic hydroxyl groups excluding tert-OH is 1. The SMILES string of the molecule is Cc1ccccc1Nc1nc(CN(CCCO)Cc2ccccn2)cs1. The highest BCUT2D eigenvalue weighted by Crippen LogP contribution is 2.24. The lowest BCUT2D eigenvalue weighted by Crippen LogP contribution is -2.25. The average Bonchev–Trinajstić information content (AvgIpc) is 3.09. The zero-order valence-corrected chi connectivity index (χ0v) is 15.7. The Morgan fingerprint density at radius 1 is 1.08 bits per heavy atom. The zero-order chi connectivity index (χ0) is 18.2. The third kappa shape index (κ3) is 5.36. The molecule has 0 saturated carbocycles. The number of hydrogen-bond acceptors (Lipinski definition) is 6. The normalized spacial score (nSPS) is 11.0. The fourth-order valence-electron chi connectivity index (χ4n) is 2.72. The second-order valence-electron chi connectivity index (χ2n) is 6.19. The summed E-state index contributed by atoms with van der Waals surface area (Å²) in [5.41, 5.74) is 4.34. The molecule has 6 heteroatoms. The van der Waals surface area contributed by atoms with Gasteiger partial charge in [0.1, 0.15) is 0 Å². The van der Waals surface area contributed by atoms with Gasteiger partial charge in [0.15, 0.2) is 5.13 Å². The van der Waals surface area contributed by atoms with Crippen LogP contribution in [0.15, 0.2) is 54.0 Å². The Kier molecular flexibility index (Phi) is 6.71. The average molecular weight is 369 g/mol. The Labute approximate surface area is 158 Å². The Hall–Kier alpha value is -2.28. The minimum absolute atomic E-state index is 0.190. The van der Waals surface area contributed by atoms with Crippen molar-refractivity contribution in [3.05, 3.63) is 71.0 Å². The van der Waals surface area contributed by atoms with Gasteiger partial charge in [0.05, 0.1) is 11.4 Å². The molecule has 5 nitrogen and oxygen atoms in total. The topological polar surface area (TPSA) is 61.3 Å². The van der Waals surface area contributed by atoms with Crippen LogP contribution in [0.3, 0.4) is 0 Å². The van der Waals surface area contributed by atoms with Crippen molar-refractivity contribution in [3.8, 4) is 0 Å². The second kappa shape index (κ2) is 9.43. The van der Waals surface area contributed by atoms with Crippen molar-refractivity contribution in [1.29, 1.82) is 0 Å². The van der Waals surface area contributed by atoms with Gasteiger partial charge >= 0.3 is 0 Å². The number of anilines is 2. The van der Waals surface area contributed by atoms with Crippen molar-refractivity contribution in [2.24, 2.45) is 0 Å². The number of thiazole rings is 1. The van der Waals surface area contributed by atoms with E-state index in [0.717, 1.165) is 48.3 Å². The van der Waals surface area contributed by atoms with E-state index in [9.17, 15) is 5.11 Å². The molecule has 0 saturated heterocycles. The Morgan fingerprint density at radius 2 is 1.88 bits per heavy atom. The lowest BCUT2D eigenvalue weighted by Gasteiger charge is -2.20. The molecule has 2 heterocycles. The highest BCUT2D eigenvalue weighted by molar-refractivity contribution is 7.13. The Balaban J connectivity index is 1.65. The first-order valence-electron chi connectivity index (χ1n) is 8.75. The van der Waals surface area contributed by atoms with Gasteiger partial charge in [-0.25, -0.2) is 4.98 Å². The number of pyridine rings is 1. The first-order valence-corrected chi connectivity index (χ1v) is 9.63. The molecule has 2 aromatic heterocycles. The molecule has 0 aliphatic carbocycles. The van der Waals surface area contributed by atoms with Crippen LogP contribution in [0.2, 0.25) is 0 Å². The molecular weight excluding hydrogens is 344 g/mol. The number of para-hydroxylation sites is 1. The van der Waals surface area contributed by atoms with Gasteiger partial charge in [-0.15, -0.1) is 11.3 Å². The van der Waals surface area contributed by atoms with Crippen LogP contribution < -0.4 is 5.32 Å². The van der Waals surface area contributed by atoms with Gasteiger partial charge in [0, 0.05) is 43.5 Å².